The number of nitrogens with one attached hydrogen (secondary N) is 1. The molecule has 1 amide bonds. The molecule has 0 saturated carbocycles. The molecule has 0 spiro atoms. The minimum absolute atomic E-state index is 0.0887. The molecule has 1 aromatic carbocycles. The molecule has 0 aromatic heterocycles. The summed E-state index contributed by atoms with van der Waals surface area (Å²) in [6.45, 7) is 2.22. The number of aromatic hydroxyl groups is 1. The van der Waals surface area contributed by atoms with E-state index in [2.05, 4.69) is 12.2 Å². The van der Waals surface area contributed by atoms with Crippen LogP contribution >= 0.6 is 0 Å². The minimum atomic E-state index is 0.0887. The molecular weight excluding hydrogens is 290 g/mol. The van der Waals surface area contributed by atoms with Gasteiger partial charge < -0.3 is 15.2 Å². The molecule has 0 bridgehead atoms. The Morgan fingerprint density at radius 2 is 1.87 bits per heavy atom. The second-order valence-corrected chi connectivity index (χ2v) is 5.71. The Morgan fingerprint density at radius 3 is 2.52 bits per heavy atom. The van der Waals surface area contributed by atoms with Crippen LogP contribution in [-0.4, -0.2) is 18.6 Å². The van der Waals surface area contributed by atoms with Gasteiger partial charge >= 0.3 is 0 Å². The Hall–Kier alpha value is -1.97. The third-order valence-electron chi connectivity index (χ3n) is 3.91. The third kappa shape index (κ3) is 6.76. The summed E-state index contributed by atoms with van der Waals surface area (Å²) in [5.41, 5.74) is 2.08. The lowest BCUT2D eigenvalue weighted by Crippen LogP contribution is -1.96. The van der Waals surface area contributed by atoms with Crippen molar-refractivity contribution in [2.24, 2.45) is 0 Å². The van der Waals surface area contributed by atoms with Gasteiger partial charge in [0, 0.05) is 5.56 Å². The number of para-hydroxylation sites is 1. The van der Waals surface area contributed by atoms with E-state index in [1.807, 2.05) is 12.1 Å². The highest BCUT2D eigenvalue weighted by atomic mass is 16.5. The number of ether oxygens (including phenoxy) is 1. The predicted octanol–water partition coefficient (Wildman–Crippen LogP) is 5.09. The maximum Gasteiger partial charge on any atom is 0.211 e. The normalized spacial score (nSPS) is 11.3. The van der Waals surface area contributed by atoms with Crippen molar-refractivity contribution in [3.63, 3.8) is 0 Å². The van der Waals surface area contributed by atoms with E-state index < -0.39 is 0 Å². The zero-order valence-corrected chi connectivity index (χ0v) is 14.3. The van der Waals surface area contributed by atoms with Gasteiger partial charge in [-0.3, -0.25) is 4.79 Å². The Morgan fingerprint density at radius 1 is 1.17 bits per heavy atom. The molecule has 1 aromatic rings. The van der Waals surface area contributed by atoms with Gasteiger partial charge in [0.25, 0.3) is 0 Å². The maximum absolute atomic E-state index is 10.6. The summed E-state index contributed by atoms with van der Waals surface area (Å²) in [7, 11) is 1.61. The zero-order valence-electron chi connectivity index (χ0n) is 14.3. The number of anilines is 1. The molecule has 0 saturated heterocycles. The van der Waals surface area contributed by atoms with Gasteiger partial charge in [0.1, 0.15) is 5.75 Å². The van der Waals surface area contributed by atoms with Crippen LogP contribution in [0.15, 0.2) is 24.5 Å². The van der Waals surface area contributed by atoms with E-state index >= 15 is 0 Å². The van der Waals surface area contributed by atoms with E-state index in [-0.39, 0.29) is 5.75 Å². The van der Waals surface area contributed by atoms with E-state index in [1.54, 1.807) is 19.4 Å². The quantitative estimate of drug-likeness (QED) is 0.244. The second kappa shape index (κ2) is 11.6. The van der Waals surface area contributed by atoms with Gasteiger partial charge in [0.05, 0.1) is 19.1 Å². The van der Waals surface area contributed by atoms with Crippen molar-refractivity contribution in [1.29, 1.82) is 0 Å². The van der Waals surface area contributed by atoms with Gasteiger partial charge in [-0.1, -0.05) is 57.6 Å². The number of allylic oxidation sites excluding steroid dienone is 1. The highest BCUT2D eigenvalue weighted by Gasteiger charge is 2.11. The molecule has 23 heavy (non-hydrogen) atoms. The molecule has 0 aliphatic heterocycles. The smallest absolute Gasteiger partial charge is 0.211 e. The van der Waals surface area contributed by atoms with Crippen molar-refractivity contribution >= 4 is 17.7 Å². The van der Waals surface area contributed by atoms with Gasteiger partial charge in [-0.2, -0.15) is 0 Å². The van der Waals surface area contributed by atoms with Gasteiger partial charge in [-0.05, 0) is 24.5 Å². The minimum Gasteiger partial charge on any atom is -0.505 e. The van der Waals surface area contributed by atoms with Gasteiger partial charge in [-0.25, -0.2) is 0 Å². The van der Waals surface area contributed by atoms with Crippen molar-refractivity contribution in [3.8, 4) is 5.75 Å². The number of hydrogen-bond donors (Lipinski definition) is 2. The summed E-state index contributed by atoms with van der Waals surface area (Å²) in [6.07, 6.45) is 11.8. The first-order chi connectivity index (χ1) is 11.2. The largest absolute Gasteiger partial charge is 0.505 e. The van der Waals surface area contributed by atoms with Crippen LogP contribution in [-0.2, 0) is 9.53 Å². The average Bonchev–Trinajstić information content (AvgIpc) is 2.55. The van der Waals surface area contributed by atoms with E-state index in [0.717, 1.165) is 18.4 Å². The van der Waals surface area contributed by atoms with Crippen LogP contribution in [0.4, 0.5) is 5.69 Å². The van der Waals surface area contributed by atoms with Gasteiger partial charge in [0.15, 0.2) is 0 Å². The van der Waals surface area contributed by atoms with Crippen molar-refractivity contribution in [1.82, 2.24) is 0 Å². The van der Waals surface area contributed by atoms with Crippen LogP contribution in [0.25, 0.3) is 5.57 Å². The molecule has 0 unspecified atom stereocenters. The molecule has 0 aliphatic carbocycles. The fourth-order valence-electron chi connectivity index (χ4n) is 2.65. The van der Waals surface area contributed by atoms with Crippen LogP contribution in [0.5, 0.6) is 5.75 Å². The monoisotopic (exact) mass is 319 g/mol. The molecule has 0 fully saturated rings. The Labute approximate surface area is 139 Å². The summed E-state index contributed by atoms with van der Waals surface area (Å²) < 4.78 is 5.16. The molecular formula is C19H29NO3. The number of benzene rings is 1. The lowest BCUT2D eigenvalue weighted by atomic mass is 9.98. The van der Waals surface area contributed by atoms with Gasteiger partial charge in [0.2, 0.25) is 6.41 Å². The number of phenolic OH excluding ortho intramolecular Hbond substituents is 1. The molecule has 1 rings (SSSR count). The summed E-state index contributed by atoms with van der Waals surface area (Å²) in [4.78, 5) is 10.6. The SMILES string of the molecule is CCCCCCCCC/C(=C\OC)c1cccc(NC=O)c1O. The van der Waals surface area contributed by atoms with Crippen LogP contribution in [0.2, 0.25) is 0 Å². The number of carbonyl (C=O) groups is 1. The first-order valence-electron chi connectivity index (χ1n) is 8.49. The van der Waals surface area contributed by atoms with Gasteiger partial charge in [-0.15, -0.1) is 0 Å². The Balaban J connectivity index is 2.60. The second-order valence-electron chi connectivity index (χ2n) is 5.71. The van der Waals surface area contributed by atoms with Crippen LogP contribution < -0.4 is 5.32 Å². The molecule has 4 heteroatoms. The maximum atomic E-state index is 10.6. The van der Waals surface area contributed by atoms with E-state index in [4.69, 9.17) is 4.74 Å². The van der Waals surface area contributed by atoms with E-state index in [9.17, 15) is 9.90 Å². The van der Waals surface area contributed by atoms with E-state index in [0.29, 0.717) is 17.7 Å². The summed E-state index contributed by atoms with van der Waals surface area (Å²) in [6, 6.07) is 5.33. The van der Waals surface area contributed by atoms with E-state index in [1.165, 1.54) is 38.5 Å². The van der Waals surface area contributed by atoms with Crippen molar-refractivity contribution in [2.75, 3.05) is 12.4 Å². The third-order valence-corrected chi connectivity index (χ3v) is 3.91. The number of hydrogen-bond acceptors (Lipinski definition) is 3. The highest BCUT2D eigenvalue weighted by Crippen LogP contribution is 2.34. The molecule has 0 heterocycles. The predicted molar refractivity (Wildman–Crippen MR) is 95.4 cm³/mol. The number of phenols is 1. The number of unbranched alkanes of at least 4 members (excludes halogenated alkanes) is 6. The van der Waals surface area contributed by atoms with Crippen LogP contribution in [0.3, 0.4) is 0 Å². The first kappa shape index (κ1) is 19.1. The topological polar surface area (TPSA) is 58.6 Å². The zero-order chi connectivity index (χ0) is 16.9. The summed E-state index contributed by atoms with van der Waals surface area (Å²) in [5.74, 6) is 0.0887. The molecule has 0 aliphatic rings. The van der Waals surface area contributed by atoms with Crippen molar-refractivity contribution in [2.45, 2.75) is 58.3 Å². The first-order valence-corrected chi connectivity index (χ1v) is 8.49. The Kier molecular flexibility index (Phi) is 9.60. The summed E-state index contributed by atoms with van der Waals surface area (Å²) >= 11 is 0. The Bertz CT molecular complexity index is 497. The van der Waals surface area contributed by atoms with Crippen molar-refractivity contribution in [3.05, 3.63) is 30.0 Å². The fourth-order valence-corrected chi connectivity index (χ4v) is 2.65. The molecule has 0 radical (unpaired) electrons. The number of amides is 1. The molecule has 2 N–H and O–H groups in total. The standard InChI is InChI=1S/C19H29NO3/c1-3-4-5-6-7-8-9-11-16(14-23-2)17-12-10-13-18(19(17)22)20-15-21/h10,12-15,22H,3-9,11H2,1-2H3,(H,20,21)/b16-14+. The average molecular weight is 319 g/mol. The lowest BCUT2D eigenvalue weighted by molar-refractivity contribution is -0.105. The number of rotatable bonds is 12. The molecule has 4 nitrogen and oxygen atoms in total. The highest BCUT2D eigenvalue weighted by molar-refractivity contribution is 5.81. The van der Waals surface area contributed by atoms with Crippen LogP contribution in [0.1, 0.15) is 63.9 Å². The number of methoxy groups -OCH3 is 1. The van der Waals surface area contributed by atoms with Crippen molar-refractivity contribution < 1.29 is 14.6 Å². The molecule has 0 atom stereocenters. The molecule has 128 valence electrons. The van der Waals surface area contributed by atoms with Crippen LogP contribution in [0, 0.1) is 0 Å². The fraction of sp³-hybridized carbons (Fsp3) is 0.526. The summed E-state index contributed by atoms with van der Waals surface area (Å²) in [5, 5.41) is 12.8. The lowest BCUT2D eigenvalue weighted by Gasteiger charge is -2.12. The number of carbonyl (C=O) groups excluding carboxylic acids is 1.